The van der Waals surface area contributed by atoms with Crippen molar-refractivity contribution in [2.75, 3.05) is 0 Å². The Balaban J connectivity index is 0.991. The van der Waals surface area contributed by atoms with Gasteiger partial charge < -0.3 is 4.74 Å². The van der Waals surface area contributed by atoms with Crippen molar-refractivity contribution in [3.8, 4) is 89.9 Å². The molecule has 66 heavy (non-hydrogen) atoms. The van der Waals surface area contributed by atoms with Crippen molar-refractivity contribution in [2.45, 2.75) is 5.41 Å². The lowest BCUT2D eigenvalue weighted by atomic mass is 9.66. The minimum atomic E-state index is -0.626. The zero-order chi connectivity index (χ0) is 43.6. The summed E-state index contributed by atoms with van der Waals surface area (Å²) in [6.07, 6.45) is 1.86. The molecule has 0 saturated carbocycles. The van der Waals surface area contributed by atoms with Crippen molar-refractivity contribution >= 4 is 10.9 Å². The maximum Gasteiger partial charge on any atom is 0.160 e. The van der Waals surface area contributed by atoms with Crippen LogP contribution in [0.25, 0.3) is 89.3 Å². The molecular formula is C62H39N3O. The summed E-state index contributed by atoms with van der Waals surface area (Å²) in [5.41, 5.74) is 18.8. The third-order valence-corrected chi connectivity index (χ3v) is 13.4. The van der Waals surface area contributed by atoms with Crippen molar-refractivity contribution in [2.24, 2.45) is 0 Å². The molecule has 0 atom stereocenters. The number of aromatic nitrogens is 3. The van der Waals surface area contributed by atoms with E-state index in [0.29, 0.717) is 5.82 Å². The highest BCUT2D eigenvalue weighted by Crippen LogP contribution is 2.62. The lowest BCUT2D eigenvalue weighted by molar-refractivity contribution is 0.437. The van der Waals surface area contributed by atoms with Gasteiger partial charge in [-0.3, -0.25) is 4.98 Å². The van der Waals surface area contributed by atoms with Crippen LogP contribution in [0, 0.1) is 0 Å². The number of fused-ring (bicyclic) bond motifs is 10. The number of ether oxygens (including phenoxy) is 1. The lowest BCUT2D eigenvalue weighted by Gasteiger charge is -2.39. The van der Waals surface area contributed by atoms with Gasteiger partial charge in [-0.25, -0.2) is 9.97 Å². The van der Waals surface area contributed by atoms with Gasteiger partial charge >= 0.3 is 0 Å². The molecule has 0 fully saturated rings. The first-order valence-corrected chi connectivity index (χ1v) is 22.4. The molecule has 1 spiro atoms. The van der Waals surface area contributed by atoms with E-state index in [9.17, 15) is 0 Å². The second-order valence-electron chi connectivity index (χ2n) is 17.1. The van der Waals surface area contributed by atoms with Gasteiger partial charge in [0, 0.05) is 45.0 Å². The molecule has 9 aromatic carbocycles. The van der Waals surface area contributed by atoms with Crippen LogP contribution >= 0.6 is 0 Å². The highest BCUT2D eigenvalue weighted by molar-refractivity contribution is 5.95. The Morgan fingerprint density at radius 2 is 0.773 bits per heavy atom. The van der Waals surface area contributed by atoms with E-state index in [-0.39, 0.29) is 0 Å². The van der Waals surface area contributed by atoms with Crippen molar-refractivity contribution < 1.29 is 4.74 Å². The van der Waals surface area contributed by atoms with Crippen LogP contribution in [0.1, 0.15) is 22.3 Å². The number of hydrogen-bond donors (Lipinski definition) is 0. The SMILES string of the molecule is c1ccc(-c2ccc(-c3cc(-c4ccc(-c5ccccc5)cc4)nc(-c4ccc5c(c4)Oc4cc(-c6cccc7cccnc67)ccc4C54c5ccccc5-c5ccccc54)n3)cc2)cc1. The fourth-order valence-electron chi connectivity index (χ4n) is 10.4. The Labute approximate surface area is 383 Å². The number of benzene rings is 9. The number of nitrogens with zero attached hydrogens (tertiary/aromatic N) is 3. The predicted molar refractivity (Wildman–Crippen MR) is 267 cm³/mol. The summed E-state index contributed by atoms with van der Waals surface area (Å²) in [7, 11) is 0. The summed E-state index contributed by atoms with van der Waals surface area (Å²) >= 11 is 0. The summed E-state index contributed by atoms with van der Waals surface area (Å²) in [5, 5.41) is 1.10. The number of para-hydroxylation sites is 1. The van der Waals surface area contributed by atoms with Crippen LogP contribution in [-0.2, 0) is 5.41 Å². The molecule has 1 aliphatic carbocycles. The van der Waals surface area contributed by atoms with E-state index in [2.05, 4.69) is 212 Å². The molecule has 13 rings (SSSR count). The molecular weight excluding hydrogens is 803 g/mol. The molecule has 308 valence electrons. The third-order valence-electron chi connectivity index (χ3n) is 13.4. The minimum absolute atomic E-state index is 0.621. The van der Waals surface area contributed by atoms with Crippen LogP contribution in [-0.4, -0.2) is 15.0 Å². The van der Waals surface area contributed by atoms with Crippen LogP contribution in [0.4, 0.5) is 0 Å². The number of rotatable bonds is 6. The molecule has 0 amide bonds. The van der Waals surface area contributed by atoms with Gasteiger partial charge in [0.1, 0.15) is 11.5 Å². The zero-order valence-corrected chi connectivity index (χ0v) is 35.8. The molecule has 0 saturated heterocycles. The van der Waals surface area contributed by atoms with Gasteiger partial charge in [0.15, 0.2) is 5.82 Å². The standard InChI is InChI=1S/C62H39N3O/c1-3-13-40(14-4-1)42-24-28-44(29-25-42)56-39-57(45-30-26-43(27-31-45)41-15-5-2-6-16-41)65-61(64-56)48-33-35-55-59(38-48)66-58-37-47(49-21-11-17-46-18-12-36-63-60(46)49)32-34-54(58)62(55)52-22-9-7-19-50(52)51-20-8-10-23-53(51)62/h1-39H. The fourth-order valence-corrected chi connectivity index (χ4v) is 10.4. The van der Waals surface area contributed by atoms with Crippen LogP contribution in [0.5, 0.6) is 11.5 Å². The Morgan fingerprint density at radius 3 is 1.36 bits per heavy atom. The van der Waals surface area contributed by atoms with Crippen molar-refractivity contribution in [3.63, 3.8) is 0 Å². The van der Waals surface area contributed by atoms with E-state index in [1.807, 2.05) is 24.4 Å². The molecule has 0 bridgehead atoms. The average molecular weight is 842 g/mol. The molecule has 1 aliphatic heterocycles. The molecule has 0 radical (unpaired) electrons. The van der Waals surface area contributed by atoms with Gasteiger partial charge in [-0.15, -0.1) is 0 Å². The Bertz CT molecular complexity index is 3510. The molecule has 2 aliphatic rings. The molecule has 4 heteroatoms. The summed E-state index contributed by atoms with van der Waals surface area (Å²) in [6.45, 7) is 0. The van der Waals surface area contributed by atoms with Gasteiger partial charge in [0.05, 0.1) is 22.3 Å². The van der Waals surface area contributed by atoms with Crippen molar-refractivity contribution in [1.82, 2.24) is 15.0 Å². The number of hydrogen-bond acceptors (Lipinski definition) is 4. The first-order chi connectivity index (χ1) is 32.7. The predicted octanol–water partition coefficient (Wildman–Crippen LogP) is 15.5. The van der Waals surface area contributed by atoms with Gasteiger partial charge in [-0.2, -0.15) is 0 Å². The average Bonchev–Trinajstić information content (AvgIpc) is 3.69. The highest BCUT2D eigenvalue weighted by atomic mass is 16.5. The van der Waals surface area contributed by atoms with Crippen LogP contribution in [0.2, 0.25) is 0 Å². The largest absolute Gasteiger partial charge is 0.457 e. The Morgan fingerprint density at radius 1 is 0.318 bits per heavy atom. The van der Waals surface area contributed by atoms with Gasteiger partial charge in [-0.1, -0.05) is 206 Å². The second-order valence-corrected chi connectivity index (χ2v) is 17.1. The molecule has 2 aromatic heterocycles. The van der Waals surface area contributed by atoms with Crippen molar-refractivity contribution in [1.29, 1.82) is 0 Å². The van der Waals surface area contributed by atoms with Gasteiger partial charge in [0.25, 0.3) is 0 Å². The van der Waals surface area contributed by atoms with E-state index in [4.69, 9.17) is 19.7 Å². The Kier molecular flexibility index (Phi) is 8.72. The van der Waals surface area contributed by atoms with E-state index < -0.39 is 5.41 Å². The van der Waals surface area contributed by atoms with E-state index in [1.54, 1.807) is 0 Å². The van der Waals surface area contributed by atoms with E-state index in [1.165, 1.54) is 33.4 Å². The first-order valence-electron chi connectivity index (χ1n) is 22.4. The first kappa shape index (κ1) is 37.8. The van der Waals surface area contributed by atoms with Gasteiger partial charge in [0.2, 0.25) is 0 Å². The van der Waals surface area contributed by atoms with Crippen LogP contribution in [0.15, 0.2) is 237 Å². The van der Waals surface area contributed by atoms with Crippen LogP contribution in [0.3, 0.4) is 0 Å². The monoisotopic (exact) mass is 841 g/mol. The smallest absolute Gasteiger partial charge is 0.160 e. The summed E-state index contributed by atoms with van der Waals surface area (Å²) < 4.78 is 7.19. The molecule has 4 nitrogen and oxygen atoms in total. The van der Waals surface area contributed by atoms with Crippen LogP contribution < -0.4 is 4.74 Å². The normalized spacial score (nSPS) is 12.8. The lowest BCUT2D eigenvalue weighted by Crippen LogP contribution is -2.32. The molecule has 3 heterocycles. The summed E-state index contributed by atoms with van der Waals surface area (Å²) in [5.74, 6) is 2.20. The highest BCUT2D eigenvalue weighted by Gasteiger charge is 2.51. The molecule has 0 unspecified atom stereocenters. The molecule has 11 aromatic rings. The molecule has 0 N–H and O–H groups in total. The summed E-state index contributed by atoms with van der Waals surface area (Å²) in [4.78, 5) is 15.5. The number of pyridine rings is 1. The van der Waals surface area contributed by atoms with E-state index in [0.717, 1.165) is 83.9 Å². The van der Waals surface area contributed by atoms with Gasteiger partial charge in [-0.05, 0) is 74.3 Å². The quantitative estimate of drug-likeness (QED) is 0.167. The topological polar surface area (TPSA) is 47.9 Å². The van der Waals surface area contributed by atoms with E-state index >= 15 is 0 Å². The minimum Gasteiger partial charge on any atom is -0.457 e. The maximum atomic E-state index is 7.19. The fraction of sp³-hybridized carbons (Fsp3) is 0.0161. The zero-order valence-electron chi connectivity index (χ0n) is 35.8. The second kappa shape index (κ2) is 15.2. The maximum absolute atomic E-state index is 7.19. The summed E-state index contributed by atoms with van der Waals surface area (Å²) in [6, 6.07) is 81.8. The Hall–Kier alpha value is -8.73. The van der Waals surface area contributed by atoms with Crippen molar-refractivity contribution in [3.05, 3.63) is 259 Å². The third kappa shape index (κ3) is 6.03.